The van der Waals surface area contributed by atoms with E-state index < -0.39 is 5.97 Å². The molecule has 7 nitrogen and oxygen atoms in total. The highest BCUT2D eigenvalue weighted by Gasteiger charge is 2.33. The van der Waals surface area contributed by atoms with Crippen LogP contribution >= 0.6 is 39.9 Å². The molecule has 2 rings (SSSR count). The van der Waals surface area contributed by atoms with Crippen molar-refractivity contribution < 1.29 is 24.6 Å². The summed E-state index contributed by atoms with van der Waals surface area (Å²) in [5.41, 5.74) is 0.473. The van der Waals surface area contributed by atoms with Gasteiger partial charge in [0.1, 0.15) is 16.6 Å². The van der Waals surface area contributed by atoms with Crippen LogP contribution in [0.4, 0.5) is 0 Å². The Balaban J connectivity index is 1.87. The van der Waals surface area contributed by atoms with E-state index in [9.17, 15) is 19.5 Å². The van der Waals surface area contributed by atoms with Crippen molar-refractivity contribution in [3.8, 4) is 5.75 Å². The molecule has 1 aliphatic heterocycles. The van der Waals surface area contributed by atoms with Gasteiger partial charge in [0.2, 0.25) is 5.91 Å². The number of unbranched alkanes of at least 4 members (excludes halogenated alkanes) is 2. The maximum atomic E-state index is 12.6. The molecule has 0 aliphatic carbocycles. The van der Waals surface area contributed by atoms with Gasteiger partial charge >= 0.3 is 5.97 Å². The number of aromatic hydroxyl groups is 1. The van der Waals surface area contributed by atoms with Crippen LogP contribution in [0.3, 0.4) is 0 Å². The summed E-state index contributed by atoms with van der Waals surface area (Å²) in [5.74, 6) is -1.51. The Morgan fingerprint density at radius 2 is 2.04 bits per heavy atom. The van der Waals surface area contributed by atoms with Gasteiger partial charge in [-0.1, -0.05) is 46.3 Å². The molecule has 1 aromatic rings. The number of amides is 2. The second-order valence-corrected chi connectivity index (χ2v) is 8.62. The standard InChI is InChI=1S/C18H19BrN2O5S2/c19-12-5-6-13(22)11(8-12)9-14-17(26)21(18(27)28-14)10-15(23)20-7-3-1-2-4-16(24)25/h5-6,8-9,22H,1-4,7,10H2,(H,20,23)(H,24,25)/b14-9-. The predicted octanol–water partition coefficient (Wildman–Crippen LogP) is 3.12. The zero-order valence-corrected chi connectivity index (χ0v) is 18.0. The topological polar surface area (TPSA) is 107 Å². The number of carboxylic acid groups (broad SMARTS) is 1. The van der Waals surface area contributed by atoms with E-state index in [0.29, 0.717) is 36.3 Å². The monoisotopic (exact) mass is 486 g/mol. The summed E-state index contributed by atoms with van der Waals surface area (Å²) in [4.78, 5) is 36.6. The molecule has 2 amide bonds. The number of nitrogens with zero attached hydrogens (tertiary/aromatic N) is 1. The molecule has 0 saturated carbocycles. The summed E-state index contributed by atoms with van der Waals surface area (Å²) in [6, 6.07) is 4.88. The third-order valence-corrected chi connectivity index (χ3v) is 5.71. The summed E-state index contributed by atoms with van der Waals surface area (Å²) in [7, 11) is 0. The number of phenols is 1. The van der Waals surface area contributed by atoms with Gasteiger partial charge in [0, 0.05) is 23.0 Å². The molecule has 0 unspecified atom stereocenters. The third kappa shape index (κ3) is 6.61. The number of hydrogen-bond acceptors (Lipinski definition) is 6. The van der Waals surface area contributed by atoms with Gasteiger partial charge < -0.3 is 15.5 Å². The van der Waals surface area contributed by atoms with Crippen molar-refractivity contribution >= 4 is 68.1 Å². The van der Waals surface area contributed by atoms with Crippen molar-refractivity contribution in [1.29, 1.82) is 0 Å². The highest BCUT2D eigenvalue weighted by molar-refractivity contribution is 9.10. The number of hydrogen-bond donors (Lipinski definition) is 3. The maximum absolute atomic E-state index is 12.6. The van der Waals surface area contributed by atoms with E-state index in [1.807, 2.05) is 0 Å². The van der Waals surface area contributed by atoms with Gasteiger partial charge in [-0.3, -0.25) is 19.3 Å². The molecule has 10 heteroatoms. The SMILES string of the molecule is O=C(O)CCCCCNC(=O)CN1C(=O)/C(=C/c2cc(Br)ccc2O)SC1=S. The van der Waals surface area contributed by atoms with Crippen molar-refractivity contribution in [3.63, 3.8) is 0 Å². The molecule has 1 fully saturated rings. The lowest BCUT2D eigenvalue weighted by Crippen LogP contribution is -2.39. The van der Waals surface area contributed by atoms with Gasteiger partial charge in [-0.15, -0.1) is 0 Å². The summed E-state index contributed by atoms with van der Waals surface area (Å²) >= 11 is 9.59. The molecule has 0 spiro atoms. The highest BCUT2D eigenvalue weighted by Crippen LogP contribution is 2.34. The van der Waals surface area contributed by atoms with E-state index in [2.05, 4.69) is 21.2 Å². The number of aliphatic carboxylic acids is 1. The van der Waals surface area contributed by atoms with Gasteiger partial charge in [0.15, 0.2) is 0 Å². The zero-order valence-electron chi connectivity index (χ0n) is 14.8. The molecular weight excluding hydrogens is 468 g/mol. The number of rotatable bonds is 9. The van der Waals surface area contributed by atoms with Crippen LogP contribution in [0.25, 0.3) is 6.08 Å². The van der Waals surface area contributed by atoms with E-state index in [-0.39, 0.29) is 34.8 Å². The molecular formula is C18H19BrN2O5S2. The molecule has 1 aliphatic rings. The van der Waals surface area contributed by atoms with Gasteiger partial charge in [-0.05, 0) is 37.1 Å². The van der Waals surface area contributed by atoms with E-state index in [4.69, 9.17) is 17.3 Å². The summed E-state index contributed by atoms with van der Waals surface area (Å²) < 4.78 is 1.04. The van der Waals surface area contributed by atoms with Crippen molar-refractivity contribution in [2.45, 2.75) is 25.7 Å². The van der Waals surface area contributed by atoms with Gasteiger partial charge in [-0.25, -0.2) is 0 Å². The lowest BCUT2D eigenvalue weighted by atomic mass is 10.2. The minimum atomic E-state index is -0.831. The molecule has 28 heavy (non-hydrogen) atoms. The van der Waals surface area contributed by atoms with Crippen LogP contribution in [-0.4, -0.2) is 50.3 Å². The van der Waals surface area contributed by atoms with Crippen molar-refractivity contribution in [2.24, 2.45) is 0 Å². The lowest BCUT2D eigenvalue weighted by Gasteiger charge is -2.14. The number of thioether (sulfide) groups is 1. The van der Waals surface area contributed by atoms with E-state index >= 15 is 0 Å². The fourth-order valence-electron chi connectivity index (χ4n) is 2.42. The smallest absolute Gasteiger partial charge is 0.303 e. The van der Waals surface area contributed by atoms with E-state index in [0.717, 1.165) is 16.2 Å². The van der Waals surface area contributed by atoms with Gasteiger partial charge in [-0.2, -0.15) is 0 Å². The second kappa shape index (κ2) is 10.6. The largest absolute Gasteiger partial charge is 0.507 e. The fourth-order valence-corrected chi connectivity index (χ4v) is 4.05. The lowest BCUT2D eigenvalue weighted by molar-refractivity contribution is -0.137. The number of phenolic OH excluding ortho intramolecular Hbond substituents is 1. The van der Waals surface area contributed by atoms with Crippen LogP contribution in [0.15, 0.2) is 27.6 Å². The molecule has 0 bridgehead atoms. The Morgan fingerprint density at radius 1 is 1.29 bits per heavy atom. The molecule has 150 valence electrons. The molecule has 1 saturated heterocycles. The Bertz CT molecular complexity index is 828. The Morgan fingerprint density at radius 3 is 2.75 bits per heavy atom. The van der Waals surface area contributed by atoms with E-state index in [1.54, 1.807) is 18.2 Å². The van der Waals surface area contributed by atoms with Crippen LogP contribution in [-0.2, 0) is 14.4 Å². The molecule has 0 atom stereocenters. The maximum Gasteiger partial charge on any atom is 0.303 e. The average Bonchev–Trinajstić information content (AvgIpc) is 2.88. The number of benzene rings is 1. The summed E-state index contributed by atoms with van der Waals surface area (Å²) in [5, 5.41) is 21.2. The first-order valence-corrected chi connectivity index (χ1v) is 10.5. The van der Waals surface area contributed by atoms with Crippen LogP contribution < -0.4 is 5.32 Å². The quantitative estimate of drug-likeness (QED) is 0.279. The molecule has 0 radical (unpaired) electrons. The van der Waals surface area contributed by atoms with Crippen LogP contribution in [0, 0.1) is 0 Å². The number of halogens is 1. The normalized spacial score (nSPS) is 15.3. The van der Waals surface area contributed by atoms with Crippen LogP contribution in [0.5, 0.6) is 5.75 Å². The minimum Gasteiger partial charge on any atom is -0.507 e. The molecule has 0 aromatic heterocycles. The van der Waals surface area contributed by atoms with Gasteiger partial charge in [0.25, 0.3) is 5.91 Å². The number of thiocarbonyl (C=S) groups is 1. The number of nitrogens with one attached hydrogen (secondary N) is 1. The first-order chi connectivity index (χ1) is 13.3. The van der Waals surface area contributed by atoms with Crippen molar-refractivity contribution in [2.75, 3.05) is 13.1 Å². The second-order valence-electron chi connectivity index (χ2n) is 6.03. The first kappa shape index (κ1) is 22.4. The minimum absolute atomic E-state index is 0.0362. The number of carbonyl (C=O) groups is 3. The predicted molar refractivity (Wildman–Crippen MR) is 115 cm³/mol. The number of carbonyl (C=O) groups excluding carboxylic acids is 2. The van der Waals surface area contributed by atoms with Crippen molar-refractivity contribution in [3.05, 3.63) is 33.1 Å². The molecule has 3 N–H and O–H groups in total. The Kier molecular flexibility index (Phi) is 8.46. The van der Waals surface area contributed by atoms with Gasteiger partial charge in [0.05, 0.1) is 4.91 Å². The third-order valence-electron chi connectivity index (χ3n) is 3.84. The Hall–Kier alpha value is -1.91. The Labute approximate surface area is 180 Å². The van der Waals surface area contributed by atoms with E-state index in [1.165, 1.54) is 11.0 Å². The summed E-state index contributed by atoms with van der Waals surface area (Å²) in [6.45, 7) is 0.233. The summed E-state index contributed by atoms with van der Waals surface area (Å²) in [6.07, 6.45) is 3.59. The van der Waals surface area contributed by atoms with Crippen molar-refractivity contribution in [1.82, 2.24) is 10.2 Å². The van der Waals surface area contributed by atoms with Crippen LogP contribution in [0.1, 0.15) is 31.2 Å². The highest BCUT2D eigenvalue weighted by atomic mass is 79.9. The first-order valence-electron chi connectivity index (χ1n) is 8.50. The zero-order chi connectivity index (χ0) is 20.7. The number of carboxylic acids is 1. The average molecular weight is 487 g/mol. The fraction of sp³-hybridized carbons (Fsp3) is 0.333. The molecule has 1 heterocycles. The van der Waals surface area contributed by atoms with Crippen LogP contribution in [0.2, 0.25) is 0 Å². The molecule has 1 aromatic carbocycles.